The van der Waals surface area contributed by atoms with Crippen molar-refractivity contribution in [3.05, 3.63) is 89.1 Å². The van der Waals surface area contributed by atoms with Crippen molar-refractivity contribution in [2.45, 2.75) is 6.54 Å². The van der Waals surface area contributed by atoms with E-state index in [1.165, 1.54) is 11.3 Å². The molecule has 2 heterocycles. The molecule has 4 aromatic rings. The third-order valence-electron chi connectivity index (χ3n) is 4.42. The average molecular weight is 417 g/mol. The zero-order chi connectivity index (χ0) is 20.9. The van der Waals surface area contributed by atoms with Crippen LogP contribution in [0.4, 0.5) is 0 Å². The lowest BCUT2D eigenvalue weighted by Crippen LogP contribution is -2.24. The highest BCUT2D eigenvalue weighted by molar-refractivity contribution is 7.13. The van der Waals surface area contributed by atoms with E-state index in [2.05, 4.69) is 20.7 Å². The Morgan fingerprint density at radius 2 is 1.83 bits per heavy atom. The summed E-state index contributed by atoms with van der Waals surface area (Å²) in [6.07, 6.45) is 0. The molecule has 0 fully saturated rings. The molecule has 2 amide bonds. The van der Waals surface area contributed by atoms with E-state index in [9.17, 15) is 9.59 Å². The van der Waals surface area contributed by atoms with Gasteiger partial charge in [-0.3, -0.25) is 9.59 Å². The zero-order valence-electron chi connectivity index (χ0n) is 16.2. The van der Waals surface area contributed by atoms with Crippen molar-refractivity contribution in [3.8, 4) is 16.4 Å². The standard InChI is InChI=1S/C22H19N5O2S/c1-23-21(28)16-8-5-7-15(13-16)14-24-22(29)19-25-20(18-11-6-12-30-18)27(26-19)17-9-3-2-4-10-17/h2-13H,14H2,1H3,(H,23,28)(H,24,29). The van der Waals surface area contributed by atoms with Crippen LogP contribution in [0.25, 0.3) is 16.4 Å². The molecule has 0 aliphatic rings. The molecule has 2 N–H and O–H groups in total. The van der Waals surface area contributed by atoms with Crippen LogP contribution < -0.4 is 10.6 Å². The van der Waals surface area contributed by atoms with Crippen molar-refractivity contribution < 1.29 is 9.59 Å². The molecular formula is C22H19N5O2S. The molecule has 0 radical (unpaired) electrons. The summed E-state index contributed by atoms with van der Waals surface area (Å²) < 4.78 is 1.67. The Morgan fingerprint density at radius 3 is 2.57 bits per heavy atom. The van der Waals surface area contributed by atoms with Crippen LogP contribution in [0.2, 0.25) is 0 Å². The van der Waals surface area contributed by atoms with Gasteiger partial charge in [-0.15, -0.1) is 16.4 Å². The van der Waals surface area contributed by atoms with Gasteiger partial charge in [-0.1, -0.05) is 36.4 Å². The van der Waals surface area contributed by atoms with E-state index in [0.717, 1.165) is 16.1 Å². The summed E-state index contributed by atoms with van der Waals surface area (Å²) in [7, 11) is 1.58. The van der Waals surface area contributed by atoms with Gasteiger partial charge in [-0.25, -0.2) is 9.67 Å². The monoisotopic (exact) mass is 417 g/mol. The second kappa shape index (κ2) is 8.71. The second-order valence-corrected chi connectivity index (χ2v) is 7.39. The van der Waals surface area contributed by atoms with E-state index >= 15 is 0 Å². The Hall–Kier alpha value is -3.78. The minimum atomic E-state index is -0.382. The maximum absolute atomic E-state index is 12.7. The number of aromatic nitrogens is 3. The van der Waals surface area contributed by atoms with E-state index in [1.807, 2.05) is 53.9 Å². The summed E-state index contributed by atoms with van der Waals surface area (Å²) in [6, 6.07) is 20.5. The van der Waals surface area contributed by atoms with Crippen molar-refractivity contribution >= 4 is 23.2 Å². The molecule has 0 saturated heterocycles. The lowest BCUT2D eigenvalue weighted by atomic mass is 10.1. The van der Waals surface area contributed by atoms with Crippen LogP contribution in [-0.4, -0.2) is 33.6 Å². The van der Waals surface area contributed by atoms with Crippen molar-refractivity contribution in [1.29, 1.82) is 0 Å². The first-order valence-electron chi connectivity index (χ1n) is 9.31. The van der Waals surface area contributed by atoms with Gasteiger partial charge in [0.1, 0.15) is 0 Å². The summed E-state index contributed by atoms with van der Waals surface area (Å²) in [5.74, 6) is 0.146. The molecule has 7 nitrogen and oxygen atoms in total. The maximum atomic E-state index is 12.7. The number of hydrogen-bond donors (Lipinski definition) is 2. The van der Waals surface area contributed by atoms with Gasteiger partial charge in [-0.05, 0) is 41.3 Å². The predicted octanol–water partition coefficient (Wildman–Crippen LogP) is 3.29. The number of amides is 2. The molecule has 8 heteroatoms. The first kappa shape index (κ1) is 19.5. The predicted molar refractivity (Wildman–Crippen MR) is 116 cm³/mol. The molecule has 0 bridgehead atoms. The molecule has 2 aromatic carbocycles. The van der Waals surface area contributed by atoms with Crippen molar-refractivity contribution in [1.82, 2.24) is 25.4 Å². The SMILES string of the molecule is CNC(=O)c1cccc(CNC(=O)c2nc(-c3cccs3)n(-c3ccccc3)n2)c1. The van der Waals surface area contributed by atoms with Gasteiger partial charge < -0.3 is 10.6 Å². The third kappa shape index (κ3) is 4.13. The number of carbonyl (C=O) groups excluding carboxylic acids is 2. The fraction of sp³-hybridized carbons (Fsp3) is 0.0909. The summed E-state index contributed by atoms with van der Waals surface area (Å²) in [6.45, 7) is 0.262. The van der Waals surface area contributed by atoms with Crippen LogP contribution in [0.1, 0.15) is 26.5 Å². The van der Waals surface area contributed by atoms with Crippen LogP contribution in [-0.2, 0) is 6.54 Å². The number of nitrogens with one attached hydrogen (secondary N) is 2. The third-order valence-corrected chi connectivity index (χ3v) is 5.29. The fourth-order valence-corrected chi connectivity index (χ4v) is 3.65. The van der Waals surface area contributed by atoms with Crippen LogP contribution in [0.15, 0.2) is 72.1 Å². The van der Waals surface area contributed by atoms with Gasteiger partial charge in [0, 0.05) is 19.2 Å². The first-order valence-corrected chi connectivity index (χ1v) is 10.2. The number of rotatable bonds is 6. The lowest BCUT2D eigenvalue weighted by molar-refractivity contribution is 0.0939. The highest BCUT2D eigenvalue weighted by Crippen LogP contribution is 2.25. The Balaban J connectivity index is 1.57. The van der Waals surface area contributed by atoms with E-state index in [-0.39, 0.29) is 24.2 Å². The van der Waals surface area contributed by atoms with Crippen molar-refractivity contribution in [2.24, 2.45) is 0 Å². The summed E-state index contributed by atoms with van der Waals surface area (Å²) in [4.78, 5) is 29.9. The van der Waals surface area contributed by atoms with E-state index in [4.69, 9.17) is 0 Å². The molecule has 0 saturated carbocycles. The molecule has 2 aromatic heterocycles. The molecule has 0 aliphatic heterocycles. The fourth-order valence-electron chi connectivity index (χ4n) is 2.95. The Bertz CT molecular complexity index is 1170. The van der Waals surface area contributed by atoms with E-state index in [0.29, 0.717) is 11.4 Å². The molecule has 0 atom stereocenters. The molecular weight excluding hydrogens is 398 g/mol. The highest BCUT2D eigenvalue weighted by atomic mass is 32.1. The van der Waals surface area contributed by atoms with Crippen molar-refractivity contribution in [3.63, 3.8) is 0 Å². The smallest absolute Gasteiger partial charge is 0.291 e. The summed E-state index contributed by atoms with van der Waals surface area (Å²) in [5, 5.41) is 11.8. The lowest BCUT2D eigenvalue weighted by Gasteiger charge is -2.05. The number of thiophene rings is 1. The first-order chi connectivity index (χ1) is 14.7. The van der Waals surface area contributed by atoms with Crippen LogP contribution in [0.5, 0.6) is 0 Å². The van der Waals surface area contributed by atoms with Crippen molar-refractivity contribution in [2.75, 3.05) is 7.05 Å². The van der Waals surface area contributed by atoms with E-state index < -0.39 is 0 Å². The number of para-hydroxylation sites is 1. The Kier molecular flexibility index (Phi) is 5.67. The minimum Gasteiger partial charge on any atom is -0.355 e. The molecule has 150 valence electrons. The zero-order valence-corrected chi connectivity index (χ0v) is 17.0. The normalized spacial score (nSPS) is 10.6. The van der Waals surface area contributed by atoms with Gasteiger partial charge in [0.05, 0.1) is 10.6 Å². The molecule has 0 aliphatic carbocycles. The molecule has 4 rings (SSSR count). The molecule has 0 spiro atoms. The van der Waals surface area contributed by atoms with E-state index in [1.54, 1.807) is 29.9 Å². The molecule has 30 heavy (non-hydrogen) atoms. The maximum Gasteiger partial charge on any atom is 0.291 e. The van der Waals surface area contributed by atoms with Gasteiger partial charge in [-0.2, -0.15) is 0 Å². The Labute approximate surface area is 177 Å². The minimum absolute atomic E-state index is 0.0877. The number of nitrogens with zero attached hydrogens (tertiary/aromatic N) is 3. The number of hydrogen-bond acceptors (Lipinski definition) is 5. The topological polar surface area (TPSA) is 88.9 Å². The number of carbonyl (C=O) groups is 2. The van der Waals surface area contributed by atoms with Gasteiger partial charge in [0.2, 0.25) is 5.82 Å². The Morgan fingerprint density at radius 1 is 1.00 bits per heavy atom. The van der Waals surface area contributed by atoms with Crippen LogP contribution in [0, 0.1) is 0 Å². The number of benzene rings is 2. The molecule has 0 unspecified atom stereocenters. The van der Waals surface area contributed by atoms with Gasteiger partial charge in [0.25, 0.3) is 11.8 Å². The quantitative estimate of drug-likeness (QED) is 0.504. The van der Waals surface area contributed by atoms with Gasteiger partial charge >= 0.3 is 0 Å². The van der Waals surface area contributed by atoms with Gasteiger partial charge in [0.15, 0.2) is 5.82 Å². The summed E-state index contributed by atoms with van der Waals surface area (Å²) in [5.41, 5.74) is 2.17. The second-order valence-electron chi connectivity index (χ2n) is 6.45. The summed E-state index contributed by atoms with van der Waals surface area (Å²) >= 11 is 1.53. The average Bonchev–Trinajstić information content (AvgIpc) is 3.47. The highest BCUT2D eigenvalue weighted by Gasteiger charge is 2.19. The van der Waals surface area contributed by atoms with Crippen LogP contribution >= 0.6 is 11.3 Å². The van der Waals surface area contributed by atoms with Crippen LogP contribution in [0.3, 0.4) is 0 Å². The largest absolute Gasteiger partial charge is 0.355 e.